The van der Waals surface area contributed by atoms with E-state index in [0.717, 1.165) is 10.0 Å². The van der Waals surface area contributed by atoms with Gasteiger partial charge in [0.1, 0.15) is 5.82 Å². The van der Waals surface area contributed by atoms with E-state index in [1.807, 2.05) is 24.3 Å². The molecule has 0 amide bonds. The van der Waals surface area contributed by atoms with Gasteiger partial charge in [-0.3, -0.25) is 4.79 Å². The quantitative estimate of drug-likeness (QED) is 0.704. The molecule has 0 unspecified atom stereocenters. The zero-order valence-corrected chi connectivity index (χ0v) is 12.1. The molecule has 1 aromatic heterocycles. The largest absolute Gasteiger partial charge is 0.360 e. The van der Waals surface area contributed by atoms with E-state index < -0.39 is 0 Å². The highest BCUT2D eigenvalue weighted by atomic mass is 79.9. The predicted octanol–water partition coefficient (Wildman–Crippen LogP) is 4.49. The third-order valence-corrected chi connectivity index (χ3v) is 3.76. The molecule has 3 rings (SSSR count). The Balaban J connectivity index is 1.95. The lowest BCUT2D eigenvalue weighted by Gasteiger charge is -2.01. The zero-order chi connectivity index (χ0) is 14.1. The van der Waals surface area contributed by atoms with Crippen LogP contribution in [0.1, 0.15) is 15.9 Å². The van der Waals surface area contributed by atoms with Gasteiger partial charge in [-0.15, -0.1) is 0 Å². The highest BCUT2D eigenvalue weighted by Gasteiger charge is 2.15. The second kappa shape index (κ2) is 5.21. The fourth-order valence-electron chi connectivity index (χ4n) is 2.24. The average molecular weight is 332 g/mol. The lowest BCUT2D eigenvalue weighted by molar-refractivity contribution is 0.0994. The number of carbonyl (C=O) groups excluding carboxylic acids is 1. The molecule has 2 aromatic carbocycles. The summed E-state index contributed by atoms with van der Waals surface area (Å²) in [5, 5.41) is 0.370. The molecule has 1 N–H and O–H groups in total. The van der Waals surface area contributed by atoms with Gasteiger partial charge in [0.05, 0.1) is 0 Å². The van der Waals surface area contributed by atoms with Crippen molar-refractivity contribution in [3.63, 3.8) is 0 Å². The topological polar surface area (TPSA) is 32.9 Å². The monoisotopic (exact) mass is 331 g/mol. The Hall–Kier alpha value is -1.94. The van der Waals surface area contributed by atoms with Gasteiger partial charge < -0.3 is 4.98 Å². The number of benzene rings is 2. The number of carbonyl (C=O) groups is 1. The van der Waals surface area contributed by atoms with E-state index in [1.54, 1.807) is 18.3 Å². The summed E-state index contributed by atoms with van der Waals surface area (Å²) in [6, 6.07) is 12.3. The molecule has 0 aliphatic heterocycles. The first kappa shape index (κ1) is 13.1. The molecule has 100 valence electrons. The molecule has 0 spiro atoms. The van der Waals surface area contributed by atoms with Crippen molar-refractivity contribution in [3.05, 3.63) is 70.1 Å². The smallest absolute Gasteiger partial charge is 0.169 e. The molecule has 0 radical (unpaired) electrons. The van der Waals surface area contributed by atoms with Crippen molar-refractivity contribution in [3.8, 4) is 0 Å². The van der Waals surface area contributed by atoms with Crippen LogP contribution in [0.2, 0.25) is 0 Å². The highest BCUT2D eigenvalue weighted by Crippen LogP contribution is 2.23. The number of fused-ring (bicyclic) bond motifs is 1. The molecule has 0 bridgehead atoms. The van der Waals surface area contributed by atoms with Crippen LogP contribution in [0, 0.1) is 5.82 Å². The Kier molecular flexibility index (Phi) is 3.40. The fourth-order valence-corrected chi connectivity index (χ4v) is 2.51. The number of H-pyrrole nitrogens is 1. The van der Waals surface area contributed by atoms with Crippen molar-refractivity contribution in [1.29, 1.82) is 0 Å². The minimum absolute atomic E-state index is 0.0938. The summed E-state index contributed by atoms with van der Waals surface area (Å²) >= 11 is 3.35. The summed E-state index contributed by atoms with van der Waals surface area (Å²) in [6.07, 6.45) is 1.84. The predicted molar refractivity (Wildman–Crippen MR) is 80.4 cm³/mol. The van der Waals surface area contributed by atoms with Crippen LogP contribution in [0.4, 0.5) is 4.39 Å². The molecule has 4 heteroatoms. The summed E-state index contributed by atoms with van der Waals surface area (Å²) in [5.41, 5.74) is 1.95. The van der Waals surface area contributed by atoms with Crippen LogP contribution in [-0.2, 0) is 6.42 Å². The van der Waals surface area contributed by atoms with Gasteiger partial charge in [-0.25, -0.2) is 4.39 Å². The summed E-state index contributed by atoms with van der Waals surface area (Å²) < 4.78 is 14.8. The first-order valence-electron chi connectivity index (χ1n) is 6.18. The maximum atomic E-state index is 13.9. The third kappa shape index (κ3) is 2.39. The first-order valence-corrected chi connectivity index (χ1v) is 6.97. The maximum absolute atomic E-state index is 13.9. The summed E-state index contributed by atoms with van der Waals surface area (Å²) in [7, 11) is 0. The standard InChI is InChI=1S/C16H11BrFNO/c17-11-6-4-10(5-7-11)8-15(20)12-9-19-14-3-1-2-13(18)16(12)14/h1-7,9,19H,8H2. The molecule has 2 nitrogen and oxygen atoms in total. The minimum atomic E-state index is -0.372. The van der Waals surface area contributed by atoms with Crippen molar-refractivity contribution >= 4 is 32.6 Å². The summed E-state index contributed by atoms with van der Waals surface area (Å²) in [6.45, 7) is 0. The van der Waals surface area contributed by atoms with E-state index in [9.17, 15) is 9.18 Å². The van der Waals surface area contributed by atoms with E-state index >= 15 is 0 Å². The number of aromatic amines is 1. The van der Waals surface area contributed by atoms with Gasteiger partial charge in [0, 0.05) is 33.6 Å². The Morgan fingerprint density at radius 3 is 2.65 bits per heavy atom. The number of ketones is 1. The minimum Gasteiger partial charge on any atom is -0.360 e. The normalized spacial score (nSPS) is 10.9. The molecule has 0 aliphatic rings. The number of hydrogen-bond acceptors (Lipinski definition) is 1. The molecule has 3 aromatic rings. The van der Waals surface area contributed by atoms with Crippen LogP contribution in [0.5, 0.6) is 0 Å². The summed E-state index contributed by atoms with van der Waals surface area (Å²) in [4.78, 5) is 15.3. The van der Waals surface area contributed by atoms with Crippen LogP contribution in [0.15, 0.2) is 53.1 Å². The van der Waals surface area contributed by atoms with Crippen LogP contribution in [0.3, 0.4) is 0 Å². The van der Waals surface area contributed by atoms with Gasteiger partial charge in [-0.2, -0.15) is 0 Å². The number of nitrogens with one attached hydrogen (secondary N) is 1. The van der Waals surface area contributed by atoms with Gasteiger partial charge in [-0.1, -0.05) is 34.1 Å². The van der Waals surface area contributed by atoms with Crippen molar-refractivity contribution in [2.45, 2.75) is 6.42 Å². The molecule has 0 saturated carbocycles. The molecule has 20 heavy (non-hydrogen) atoms. The third-order valence-electron chi connectivity index (χ3n) is 3.23. The Morgan fingerprint density at radius 1 is 1.15 bits per heavy atom. The second-order valence-electron chi connectivity index (χ2n) is 4.59. The molecule has 0 fully saturated rings. The first-order chi connectivity index (χ1) is 9.65. The van der Waals surface area contributed by atoms with Crippen molar-refractivity contribution in [2.75, 3.05) is 0 Å². The number of aromatic nitrogens is 1. The van der Waals surface area contributed by atoms with E-state index in [1.165, 1.54) is 6.07 Å². The number of Topliss-reactive ketones (excluding diaryl/α,β-unsaturated/α-hetero) is 1. The maximum Gasteiger partial charge on any atom is 0.169 e. The Labute approximate surface area is 123 Å². The van der Waals surface area contributed by atoms with E-state index in [4.69, 9.17) is 0 Å². The lowest BCUT2D eigenvalue weighted by Crippen LogP contribution is -2.03. The van der Waals surface area contributed by atoms with Crippen LogP contribution >= 0.6 is 15.9 Å². The molecule has 0 atom stereocenters. The van der Waals surface area contributed by atoms with Crippen LogP contribution in [0.25, 0.3) is 10.9 Å². The number of halogens is 2. The Bertz CT molecular complexity index is 777. The van der Waals surface area contributed by atoms with Crippen LogP contribution < -0.4 is 0 Å². The van der Waals surface area contributed by atoms with E-state index in [-0.39, 0.29) is 18.0 Å². The molecule has 0 saturated heterocycles. The molecular weight excluding hydrogens is 321 g/mol. The van der Waals surface area contributed by atoms with Gasteiger partial charge in [-0.05, 0) is 29.8 Å². The average Bonchev–Trinajstić information content (AvgIpc) is 2.87. The van der Waals surface area contributed by atoms with E-state index in [2.05, 4.69) is 20.9 Å². The second-order valence-corrected chi connectivity index (χ2v) is 5.51. The molecular formula is C16H11BrFNO. The van der Waals surface area contributed by atoms with E-state index in [0.29, 0.717) is 16.5 Å². The zero-order valence-electron chi connectivity index (χ0n) is 10.5. The SMILES string of the molecule is O=C(Cc1ccc(Br)cc1)c1c[nH]c2cccc(F)c12. The molecule has 1 heterocycles. The van der Waals surface area contributed by atoms with Gasteiger partial charge in [0.25, 0.3) is 0 Å². The molecule has 0 aliphatic carbocycles. The van der Waals surface area contributed by atoms with Crippen molar-refractivity contribution < 1.29 is 9.18 Å². The summed E-state index contributed by atoms with van der Waals surface area (Å²) in [5.74, 6) is -0.466. The van der Waals surface area contributed by atoms with Crippen LogP contribution in [-0.4, -0.2) is 10.8 Å². The number of hydrogen-bond donors (Lipinski definition) is 1. The van der Waals surface area contributed by atoms with Crippen molar-refractivity contribution in [1.82, 2.24) is 4.98 Å². The lowest BCUT2D eigenvalue weighted by atomic mass is 10.0. The highest BCUT2D eigenvalue weighted by molar-refractivity contribution is 9.10. The van der Waals surface area contributed by atoms with Crippen molar-refractivity contribution in [2.24, 2.45) is 0 Å². The van der Waals surface area contributed by atoms with Gasteiger partial charge in [0.2, 0.25) is 0 Å². The number of rotatable bonds is 3. The fraction of sp³-hybridized carbons (Fsp3) is 0.0625. The van der Waals surface area contributed by atoms with Gasteiger partial charge in [0.15, 0.2) is 5.78 Å². The van der Waals surface area contributed by atoms with Gasteiger partial charge >= 0.3 is 0 Å². The Morgan fingerprint density at radius 2 is 1.90 bits per heavy atom.